The highest BCUT2D eigenvalue weighted by atomic mass is 32.1. The predicted molar refractivity (Wildman–Crippen MR) is 73.4 cm³/mol. The quantitative estimate of drug-likeness (QED) is 0.739. The van der Waals surface area contributed by atoms with Gasteiger partial charge in [0.05, 0.1) is 11.4 Å². The van der Waals surface area contributed by atoms with Crippen LogP contribution in [0.1, 0.15) is 31.0 Å². The molecule has 0 aliphatic rings. The molecule has 1 rings (SSSR count). The van der Waals surface area contributed by atoms with E-state index in [9.17, 15) is 9.59 Å². The molecule has 3 N–H and O–H groups in total. The fourth-order valence-corrected chi connectivity index (χ4v) is 2.35. The smallest absolute Gasteiger partial charge is 0.315 e. The van der Waals surface area contributed by atoms with Crippen molar-refractivity contribution in [3.8, 4) is 0 Å². The van der Waals surface area contributed by atoms with E-state index in [-0.39, 0.29) is 12.5 Å². The van der Waals surface area contributed by atoms with Gasteiger partial charge < -0.3 is 15.7 Å². The maximum Gasteiger partial charge on any atom is 0.315 e. The van der Waals surface area contributed by atoms with Crippen LogP contribution < -0.4 is 10.6 Å². The van der Waals surface area contributed by atoms with E-state index in [2.05, 4.69) is 15.6 Å². The second-order valence-electron chi connectivity index (χ2n) is 4.97. The fourth-order valence-electron chi connectivity index (χ4n) is 1.57. The summed E-state index contributed by atoms with van der Waals surface area (Å²) in [6.07, 6.45) is 0.553. The third-order valence-corrected chi connectivity index (χ3v) is 3.36. The van der Waals surface area contributed by atoms with Gasteiger partial charge >= 0.3 is 12.0 Å². The predicted octanol–water partition coefficient (Wildman–Crippen LogP) is 1.55. The summed E-state index contributed by atoms with van der Waals surface area (Å²) in [5.41, 5.74) is 0.209. The minimum Gasteiger partial charge on any atom is -0.481 e. The molecule has 0 bridgehead atoms. The molecule has 6 nitrogen and oxygen atoms in total. The van der Waals surface area contributed by atoms with Crippen molar-refractivity contribution >= 4 is 23.3 Å². The molecule has 0 aliphatic carbocycles. The molecule has 0 saturated heterocycles. The summed E-state index contributed by atoms with van der Waals surface area (Å²) in [4.78, 5) is 26.5. The Hall–Kier alpha value is -1.63. The zero-order chi connectivity index (χ0) is 14.5. The zero-order valence-electron chi connectivity index (χ0n) is 11.3. The van der Waals surface area contributed by atoms with Crippen LogP contribution in [0.4, 0.5) is 4.79 Å². The average molecular weight is 285 g/mol. The largest absolute Gasteiger partial charge is 0.481 e. The first-order chi connectivity index (χ1) is 8.78. The Morgan fingerprint density at radius 1 is 1.47 bits per heavy atom. The van der Waals surface area contributed by atoms with Crippen molar-refractivity contribution in [1.29, 1.82) is 0 Å². The summed E-state index contributed by atoms with van der Waals surface area (Å²) in [6, 6.07) is -0.362. The molecule has 106 valence electrons. The molecule has 0 aliphatic heterocycles. The fraction of sp³-hybridized carbons (Fsp3) is 0.583. The van der Waals surface area contributed by atoms with Gasteiger partial charge in [0.1, 0.15) is 0 Å². The van der Waals surface area contributed by atoms with E-state index in [1.807, 2.05) is 12.3 Å². The van der Waals surface area contributed by atoms with E-state index in [4.69, 9.17) is 5.11 Å². The van der Waals surface area contributed by atoms with Crippen LogP contribution in [0.15, 0.2) is 5.38 Å². The van der Waals surface area contributed by atoms with E-state index in [1.54, 1.807) is 25.2 Å². The summed E-state index contributed by atoms with van der Waals surface area (Å²) < 4.78 is 0. The molecule has 0 saturated carbocycles. The van der Waals surface area contributed by atoms with Gasteiger partial charge in [0.25, 0.3) is 0 Å². The second kappa shape index (κ2) is 6.51. The number of carboxylic acids is 1. The van der Waals surface area contributed by atoms with Gasteiger partial charge in [0, 0.05) is 29.6 Å². The number of rotatable bonds is 6. The number of urea groups is 1. The lowest BCUT2D eigenvalue weighted by Crippen LogP contribution is -2.49. The number of nitrogens with one attached hydrogen (secondary N) is 2. The molecular weight excluding hydrogens is 266 g/mol. The SMILES string of the molecule is Cc1csc(CCNC(=O)NC(C)(C)CC(=O)O)n1. The Labute approximate surface area is 116 Å². The van der Waals surface area contributed by atoms with Crippen LogP contribution in [0.25, 0.3) is 0 Å². The van der Waals surface area contributed by atoms with Crippen molar-refractivity contribution in [2.45, 2.75) is 39.2 Å². The Kier molecular flexibility index (Phi) is 5.29. The third kappa shape index (κ3) is 6.19. The molecule has 1 heterocycles. The molecule has 7 heteroatoms. The molecule has 1 aromatic rings. The van der Waals surface area contributed by atoms with Crippen LogP contribution >= 0.6 is 11.3 Å². The molecule has 0 fully saturated rings. The topological polar surface area (TPSA) is 91.3 Å². The van der Waals surface area contributed by atoms with Crippen molar-refractivity contribution in [3.63, 3.8) is 0 Å². The summed E-state index contributed by atoms with van der Waals surface area (Å²) in [6.45, 7) is 5.74. The molecule has 2 amide bonds. The van der Waals surface area contributed by atoms with Crippen LogP contribution in [0.2, 0.25) is 0 Å². The first kappa shape index (κ1) is 15.4. The number of carboxylic acid groups (broad SMARTS) is 1. The Bertz CT molecular complexity index is 457. The molecular formula is C12H19N3O3S. The Morgan fingerprint density at radius 3 is 2.68 bits per heavy atom. The highest BCUT2D eigenvalue weighted by molar-refractivity contribution is 7.09. The number of hydrogen-bond donors (Lipinski definition) is 3. The number of nitrogens with zero attached hydrogens (tertiary/aromatic N) is 1. The van der Waals surface area contributed by atoms with Gasteiger partial charge in [-0.3, -0.25) is 4.79 Å². The third-order valence-electron chi connectivity index (χ3n) is 2.34. The molecule has 0 atom stereocenters. The number of aliphatic carboxylic acids is 1. The van der Waals surface area contributed by atoms with Crippen molar-refractivity contribution in [2.24, 2.45) is 0 Å². The molecule has 0 radical (unpaired) electrons. The second-order valence-corrected chi connectivity index (χ2v) is 5.91. The average Bonchev–Trinajstić information content (AvgIpc) is 2.61. The van der Waals surface area contributed by atoms with E-state index in [0.29, 0.717) is 13.0 Å². The first-order valence-corrected chi connectivity index (χ1v) is 6.85. The van der Waals surface area contributed by atoms with Crippen molar-refractivity contribution in [3.05, 3.63) is 16.1 Å². The van der Waals surface area contributed by atoms with Crippen LogP contribution in [0.5, 0.6) is 0 Å². The Balaban J connectivity index is 2.29. The number of carbonyl (C=O) groups excluding carboxylic acids is 1. The summed E-state index contributed by atoms with van der Waals surface area (Å²) in [5, 5.41) is 17.0. The molecule has 0 aromatic carbocycles. The van der Waals surface area contributed by atoms with Gasteiger partial charge in [0.2, 0.25) is 0 Å². The number of aryl methyl sites for hydroxylation is 1. The maximum absolute atomic E-state index is 11.6. The van der Waals surface area contributed by atoms with Crippen LogP contribution in [-0.4, -0.2) is 34.2 Å². The standard InChI is InChI=1S/C12H19N3O3S/c1-8-7-19-9(14-8)4-5-13-11(18)15-12(2,3)6-10(16)17/h7H,4-6H2,1-3H3,(H,16,17)(H2,13,15,18). The lowest BCUT2D eigenvalue weighted by atomic mass is 10.0. The number of amides is 2. The highest BCUT2D eigenvalue weighted by Gasteiger charge is 2.23. The van der Waals surface area contributed by atoms with Gasteiger partial charge in [-0.15, -0.1) is 11.3 Å². The van der Waals surface area contributed by atoms with Gasteiger partial charge in [-0.05, 0) is 20.8 Å². The van der Waals surface area contributed by atoms with E-state index in [0.717, 1.165) is 10.7 Å². The minimum atomic E-state index is -0.941. The molecule has 1 aromatic heterocycles. The first-order valence-electron chi connectivity index (χ1n) is 5.97. The highest BCUT2D eigenvalue weighted by Crippen LogP contribution is 2.09. The van der Waals surface area contributed by atoms with E-state index >= 15 is 0 Å². The molecule has 0 unspecified atom stereocenters. The monoisotopic (exact) mass is 285 g/mol. The van der Waals surface area contributed by atoms with Crippen LogP contribution in [0, 0.1) is 6.92 Å². The van der Waals surface area contributed by atoms with Gasteiger partial charge in [0.15, 0.2) is 0 Å². The normalized spacial score (nSPS) is 11.1. The number of aromatic nitrogens is 1. The van der Waals surface area contributed by atoms with E-state index < -0.39 is 11.5 Å². The molecule has 0 spiro atoms. The number of thiazole rings is 1. The van der Waals surface area contributed by atoms with E-state index in [1.165, 1.54) is 0 Å². The number of carbonyl (C=O) groups is 2. The lowest BCUT2D eigenvalue weighted by molar-refractivity contribution is -0.138. The van der Waals surface area contributed by atoms with Crippen molar-refractivity contribution in [2.75, 3.05) is 6.54 Å². The van der Waals surface area contributed by atoms with Crippen molar-refractivity contribution < 1.29 is 14.7 Å². The van der Waals surface area contributed by atoms with Crippen molar-refractivity contribution in [1.82, 2.24) is 15.6 Å². The van der Waals surface area contributed by atoms with Gasteiger partial charge in [-0.1, -0.05) is 0 Å². The zero-order valence-corrected chi connectivity index (χ0v) is 12.1. The van der Waals surface area contributed by atoms with Crippen LogP contribution in [-0.2, 0) is 11.2 Å². The van der Waals surface area contributed by atoms with Crippen LogP contribution in [0.3, 0.4) is 0 Å². The van der Waals surface area contributed by atoms with Gasteiger partial charge in [-0.2, -0.15) is 0 Å². The summed E-state index contributed by atoms with van der Waals surface area (Å²) in [5.74, 6) is -0.941. The number of hydrogen-bond acceptors (Lipinski definition) is 4. The Morgan fingerprint density at radius 2 is 2.16 bits per heavy atom. The van der Waals surface area contributed by atoms with Gasteiger partial charge in [-0.25, -0.2) is 9.78 Å². The summed E-state index contributed by atoms with van der Waals surface area (Å²) in [7, 11) is 0. The maximum atomic E-state index is 11.6. The summed E-state index contributed by atoms with van der Waals surface area (Å²) >= 11 is 1.56. The molecule has 19 heavy (non-hydrogen) atoms. The lowest BCUT2D eigenvalue weighted by Gasteiger charge is -2.24. The minimum absolute atomic E-state index is 0.119.